The molecule has 0 aromatic carbocycles. The Morgan fingerprint density at radius 1 is 1.55 bits per heavy atom. The number of rotatable bonds is 4. The molecule has 0 saturated carbocycles. The quantitative estimate of drug-likeness (QED) is 0.892. The molecule has 0 spiro atoms. The van der Waals surface area contributed by atoms with Gasteiger partial charge in [-0.15, -0.1) is 11.3 Å². The second-order valence-corrected chi connectivity index (χ2v) is 6.05. The molecular weight excluding hydrogens is 276 g/mol. The Morgan fingerprint density at radius 2 is 2.20 bits per heavy atom. The monoisotopic (exact) mass is 296 g/mol. The van der Waals surface area contributed by atoms with Gasteiger partial charge >= 0.3 is 0 Å². The minimum atomic E-state index is -0.132. The summed E-state index contributed by atoms with van der Waals surface area (Å²) in [6.45, 7) is 5.97. The van der Waals surface area contributed by atoms with Crippen molar-refractivity contribution in [1.29, 1.82) is 0 Å². The largest absolute Gasteiger partial charge is 0.397 e. The number of aryl methyl sites for hydroxylation is 2. The molecule has 0 aliphatic heterocycles. The SMILES string of the molecule is Cc1nn(C)c2sc(C(=O)N(CCO)C(C)C)c(N)c12. The van der Waals surface area contributed by atoms with Gasteiger partial charge in [0.2, 0.25) is 0 Å². The number of aliphatic hydroxyl groups is 1. The van der Waals surface area contributed by atoms with E-state index in [4.69, 9.17) is 10.8 Å². The fraction of sp³-hybridized carbons (Fsp3) is 0.538. The number of hydrogen-bond donors (Lipinski definition) is 2. The smallest absolute Gasteiger partial charge is 0.266 e. The van der Waals surface area contributed by atoms with Crippen molar-refractivity contribution in [3.63, 3.8) is 0 Å². The number of nitrogens with zero attached hydrogens (tertiary/aromatic N) is 3. The Hall–Kier alpha value is -1.60. The standard InChI is InChI=1S/C13H20N4O2S/c1-7(2)17(5-6-18)12(19)11-10(14)9-8(3)15-16(4)13(9)20-11/h7,18H,5-6,14H2,1-4H3. The minimum absolute atomic E-state index is 0.0125. The molecule has 3 N–H and O–H groups in total. The molecule has 1 amide bonds. The van der Waals surface area contributed by atoms with Crippen LogP contribution in [0.25, 0.3) is 10.2 Å². The summed E-state index contributed by atoms with van der Waals surface area (Å²) >= 11 is 1.35. The van der Waals surface area contributed by atoms with Gasteiger partial charge in [0.1, 0.15) is 9.71 Å². The zero-order chi connectivity index (χ0) is 15.0. The number of carbonyl (C=O) groups excluding carboxylic acids is 1. The van der Waals surface area contributed by atoms with Crippen molar-refractivity contribution < 1.29 is 9.90 Å². The minimum Gasteiger partial charge on any atom is -0.397 e. The highest BCUT2D eigenvalue weighted by molar-refractivity contribution is 7.21. The van der Waals surface area contributed by atoms with E-state index >= 15 is 0 Å². The van der Waals surface area contributed by atoms with Gasteiger partial charge in [-0.05, 0) is 20.8 Å². The van der Waals surface area contributed by atoms with Crippen LogP contribution in [0.15, 0.2) is 0 Å². The summed E-state index contributed by atoms with van der Waals surface area (Å²) in [7, 11) is 1.84. The zero-order valence-corrected chi connectivity index (χ0v) is 13.0. The summed E-state index contributed by atoms with van der Waals surface area (Å²) in [5.74, 6) is -0.132. The number of fused-ring (bicyclic) bond motifs is 1. The van der Waals surface area contributed by atoms with Crippen molar-refractivity contribution in [2.45, 2.75) is 26.8 Å². The maximum absolute atomic E-state index is 12.6. The zero-order valence-electron chi connectivity index (χ0n) is 12.2. The van der Waals surface area contributed by atoms with E-state index in [9.17, 15) is 4.79 Å². The number of thiophene rings is 1. The van der Waals surface area contributed by atoms with Crippen molar-refractivity contribution in [3.8, 4) is 0 Å². The molecule has 2 aromatic heterocycles. The second-order valence-electron chi connectivity index (χ2n) is 5.05. The van der Waals surface area contributed by atoms with Crippen LogP contribution in [0.2, 0.25) is 0 Å². The first-order chi connectivity index (χ1) is 9.38. The molecule has 0 atom stereocenters. The highest BCUT2D eigenvalue weighted by Gasteiger charge is 2.25. The first-order valence-electron chi connectivity index (χ1n) is 6.51. The van der Waals surface area contributed by atoms with Crippen LogP contribution in [-0.2, 0) is 7.05 Å². The van der Waals surface area contributed by atoms with Gasteiger partial charge in [-0.25, -0.2) is 0 Å². The average Bonchev–Trinajstić information content (AvgIpc) is 2.85. The van der Waals surface area contributed by atoms with Crippen molar-refractivity contribution in [2.24, 2.45) is 7.05 Å². The summed E-state index contributed by atoms with van der Waals surface area (Å²) in [5.41, 5.74) is 7.45. The molecule has 7 heteroatoms. The number of aliphatic hydroxyl groups excluding tert-OH is 1. The van der Waals surface area contributed by atoms with Gasteiger partial charge in [0.25, 0.3) is 5.91 Å². The van der Waals surface area contributed by atoms with Crippen molar-refractivity contribution in [1.82, 2.24) is 14.7 Å². The number of nitrogens with two attached hydrogens (primary N) is 1. The Kier molecular flexibility index (Phi) is 4.01. The Labute approximate surface area is 121 Å². The van der Waals surface area contributed by atoms with Crippen LogP contribution in [0.1, 0.15) is 29.2 Å². The molecule has 6 nitrogen and oxygen atoms in total. The maximum atomic E-state index is 12.6. The third-order valence-corrected chi connectivity index (χ3v) is 4.56. The van der Waals surface area contributed by atoms with Crippen LogP contribution in [-0.4, -0.2) is 44.9 Å². The van der Waals surface area contributed by atoms with Gasteiger partial charge in [0.15, 0.2) is 0 Å². The summed E-state index contributed by atoms with van der Waals surface area (Å²) in [6.07, 6.45) is 0. The molecule has 0 fully saturated rings. The fourth-order valence-corrected chi connectivity index (χ4v) is 3.46. The second kappa shape index (κ2) is 5.41. The highest BCUT2D eigenvalue weighted by Crippen LogP contribution is 2.36. The van der Waals surface area contributed by atoms with Gasteiger partial charge in [0, 0.05) is 19.6 Å². The fourth-order valence-electron chi connectivity index (χ4n) is 2.32. The molecular formula is C13H20N4O2S. The third kappa shape index (κ3) is 2.27. The van der Waals surface area contributed by atoms with Crippen molar-refractivity contribution in [2.75, 3.05) is 18.9 Å². The topological polar surface area (TPSA) is 84.4 Å². The third-order valence-electron chi connectivity index (χ3n) is 3.30. The predicted molar refractivity (Wildman–Crippen MR) is 81.0 cm³/mol. The molecule has 0 radical (unpaired) electrons. The lowest BCUT2D eigenvalue weighted by atomic mass is 10.2. The Morgan fingerprint density at radius 3 is 2.70 bits per heavy atom. The van der Waals surface area contributed by atoms with Gasteiger partial charge in [-0.3, -0.25) is 9.48 Å². The van der Waals surface area contributed by atoms with Crippen LogP contribution in [0.5, 0.6) is 0 Å². The van der Waals surface area contributed by atoms with Crippen molar-refractivity contribution in [3.05, 3.63) is 10.6 Å². The molecule has 110 valence electrons. The van der Waals surface area contributed by atoms with Gasteiger partial charge in [0.05, 0.1) is 23.4 Å². The Bertz CT molecular complexity index is 644. The highest BCUT2D eigenvalue weighted by atomic mass is 32.1. The van der Waals surface area contributed by atoms with E-state index in [2.05, 4.69) is 5.10 Å². The van der Waals surface area contributed by atoms with Gasteiger partial charge in [-0.2, -0.15) is 5.10 Å². The number of amides is 1. The average molecular weight is 296 g/mol. The molecule has 2 heterocycles. The lowest BCUT2D eigenvalue weighted by Gasteiger charge is -2.25. The summed E-state index contributed by atoms with van der Waals surface area (Å²) in [4.78, 5) is 15.7. The number of aromatic nitrogens is 2. The van der Waals surface area contributed by atoms with Gasteiger partial charge in [-0.1, -0.05) is 0 Å². The Balaban J connectivity index is 2.49. The van der Waals surface area contributed by atoms with Crippen LogP contribution in [0.4, 0.5) is 5.69 Å². The summed E-state index contributed by atoms with van der Waals surface area (Å²) < 4.78 is 1.74. The molecule has 0 bridgehead atoms. The van der Waals surface area contributed by atoms with E-state index in [1.54, 1.807) is 9.58 Å². The number of carbonyl (C=O) groups is 1. The predicted octanol–water partition coefficient (Wildman–Crippen LogP) is 1.37. The van der Waals surface area contributed by atoms with Crippen LogP contribution < -0.4 is 5.73 Å². The summed E-state index contributed by atoms with van der Waals surface area (Å²) in [5, 5.41) is 14.3. The van der Waals surface area contributed by atoms with Crippen LogP contribution in [0, 0.1) is 6.92 Å². The van der Waals surface area contributed by atoms with Crippen LogP contribution in [0.3, 0.4) is 0 Å². The van der Waals surface area contributed by atoms with Crippen molar-refractivity contribution >= 4 is 33.1 Å². The van der Waals surface area contributed by atoms with E-state index in [0.717, 1.165) is 15.9 Å². The first kappa shape index (κ1) is 14.8. The molecule has 20 heavy (non-hydrogen) atoms. The van der Waals surface area contributed by atoms with E-state index in [1.165, 1.54) is 11.3 Å². The summed E-state index contributed by atoms with van der Waals surface area (Å²) in [6, 6.07) is 0.0125. The number of anilines is 1. The molecule has 0 saturated heterocycles. The molecule has 0 aliphatic rings. The molecule has 2 rings (SSSR count). The van der Waals surface area contributed by atoms with Gasteiger partial charge < -0.3 is 15.7 Å². The lowest BCUT2D eigenvalue weighted by Crippen LogP contribution is -2.38. The number of nitrogen functional groups attached to an aromatic ring is 1. The van der Waals surface area contributed by atoms with E-state index in [1.807, 2.05) is 27.8 Å². The normalized spacial score (nSPS) is 11.5. The lowest BCUT2D eigenvalue weighted by molar-refractivity contribution is 0.0671. The van der Waals surface area contributed by atoms with E-state index in [-0.39, 0.29) is 18.6 Å². The molecule has 2 aromatic rings. The van der Waals surface area contributed by atoms with Crippen LogP contribution >= 0.6 is 11.3 Å². The number of hydrogen-bond acceptors (Lipinski definition) is 5. The first-order valence-corrected chi connectivity index (χ1v) is 7.33. The maximum Gasteiger partial charge on any atom is 0.266 e. The molecule has 0 aliphatic carbocycles. The van der Waals surface area contributed by atoms with E-state index in [0.29, 0.717) is 17.1 Å². The molecule has 0 unspecified atom stereocenters. The van der Waals surface area contributed by atoms with E-state index < -0.39 is 0 Å².